The summed E-state index contributed by atoms with van der Waals surface area (Å²) in [5.41, 5.74) is 3.31. The Balaban J connectivity index is 0. The molecule has 3 rings (SSSR count). The summed E-state index contributed by atoms with van der Waals surface area (Å²) >= 11 is 0. The third-order valence-corrected chi connectivity index (χ3v) is 5.85. The number of carbonyl (C=O) groups is 1. The summed E-state index contributed by atoms with van der Waals surface area (Å²) < 4.78 is 0. The smallest absolute Gasteiger partial charge is 0.261 e. The van der Waals surface area contributed by atoms with Crippen molar-refractivity contribution in [3.05, 3.63) is 73.0 Å². The molecule has 32 heavy (non-hydrogen) atoms. The van der Waals surface area contributed by atoms with Crippen LogP contribution in [-0.4, -0.2) is 36.1 Å². The quantitative estimate of drug-likeness (QED) is 0.318. The molecule has 2 N–H and O–H groups in total. The van der Waals surface area contributed by atoms with Crippen molar-refractivity contribution in [3.8, 4) is 12.3 Å². The molecule has 1 amide bonds. The van der Waals surface area contributed by atoms with Gasteiger partial charge in [-0.25, -0.2) is 0 Å². The molecule has 5 heteroatoms. The van der Waals surface area contributed by atoms with Crippen LogP contribution in [0.3, 0.4) is 0 Å². The molecule has 0 aliphatic heterocycles. The minimum atomic E-state index is -0.240. The average molecular weight is 512 g/mol. The van der Waals surface area contributed by atoms with Crippen molar-refractivity contribution in [1.29, 1.82) is 0 Å². The summed E-state index contributed by atoms with van der Waals surface area (Å²) in [6, 6.07) is 8.49. The van der Waals surface area contributed by atoms with Gasteiger partial charge < -0.3 is 15.3 Å². The number of carbonyl (C=O) groups excluding carboxylic acids is 1. The van der Waals surface area contributed by atoms with Crippen molar-refractivity contribution in [2.75, 3.05) is 14.2 Å². The van der Waals surface area contributed by atoms with Crippen molar-refractivity contribution in [1.82, 2.24) is 10.2 Å². The number of aliphatic hydroxyl groups is 1. The zero-order chi connectivity index (χ0) is 23.4. The number of hydrogen-bond donors (Lipinski definition) is 2. The Hall–Kier alpha value is -1.93. The predicted octanol–water partition coefficient (Wildman–Crippen LogP) is 5.10. The molecule has 0 bridgehead atoms. The second kappa shape index (κ2) is 15.8. The van der Waals surface area contributed by atoms with E-state index in [9.17, 15) is 4.79 Å². The van der Waals surface area contributed by atoms with E-state index >= 15 is 0 Å². The Morgan fingerprint density at radius 2 is 1.78 bits per heavy atom. The van der Waals surface area contributed by atoms with Crippen molar-refractivity contribution >= 4 is 17.7 Å². The summed E-state index contributed by atoms with van der Waals surface area (Å²) in [6.07, 6.45) is 15.9. The number of allylic oxidation sites excluding steroid dienone is 1. The molecule has 2 saturated carbocycles. The zero-order valence-electron chi connectivity index (χ0n) is 19.7. The van der Waals surface area contributed by atoms with Gasteiger partial charge in [0.15, 0.2) is 0 Å². The Morgan fingerprint density at radius 1 is 1.22 bits per heavy atom. The van der Waals surface area contributed by atoms with E-state index in [4.69, 9.17) is 11.5 Å². The molecule has 0 heterocycles. The number of terminal acetylenes is 1. The fourth-order valence-electron chi connectivity index (χ4n) is 4.17. The first-order chi connectivity index (χ1) is 15.0. The molecule has 4 nitrogen and oxygen atoms in total. The minimum Gasteiger partial charge on any atom is -0.400 e. The average Bonchev–Trinajstić information content (AvgIpc) is 3.08. The first-order valence-electron chi connectivity index (χ1n) is 10.6. The van der Waals surface area contributed by atoms with Gasteiger partial charge in [-0.15, -0.1) is 13.0 Å². The van der Waals surface area contributed by atoms with Crippen LogP contribution in [-0.2, 0) is 37.5 Å². The van der Waals surface area contributed by atoms with Crippen LogP contribution in [0.2, 0.25) is 0 Å². The van der Waals surface area contributed by atoms with Gasteiger partial charge in [-0.3, -0.25) is 4.79 Å². The van der Waals surface area contributed by atoms with Gasteiger partial charge in [-0.1, -0.05) is 55.5 Å². The predicted molar refractivity (Wildman–Crippen MR) is 134 cm³/mol. The third-order valence-electron chi connectivity index (χ3n) is 5.85. The van der Waals surface area contributed by atoms with Gasteiger partial charge in [0.25, 0.3) is 5.91 Å². The zero-order valence-corrected chi connectivity index (χ0v) is 22.5. The maximum atomic E-state index is 12.1. The van der Waals surface area contributed by atoms with Gasteiger partial charge in [-0.05, 0) is 55.6 Å². The van der Waals surface area contributed by atoms with E-state index in [1.165, 1.54) is 19.3 Å². The Bertz CT molecular complexity index is 843. The van der Waals surface area contributed by atoms with Gasteiger partial charge in [0, 0.05) is 66.2 Å². The SMILES string of the molecule is C#C/C(=C\N(C(=C)c1ccc(C=C)cc1)[C@H]1CC[C@@H]2CC[C@@H]21)C(=O)NC.C=CC.CO.[HH].[Y]. The van der Waals surface area contributed by atoms with E-state index in [0.717, 1.165) is 36.3 Å². The topological polar surface area (TPSA) is 52.6 Å². The Labute approximate surface area is 220 Å². The standard InChI is InChI=1S/C23H26N2O.C3H6.CH4O.Y.H2/c1-5-17-7-9-19(10-8-17)16(3)25(15-18(6-2)23(26)24-4)22-14-12-20-11-13-21(20)22;1-3-2;1-2;;/h2,5,7-10,15,20-22H,1,3,11-14H2,4H3,(H,24,26);3H,1H2,2H3;2H,1H3;;1H/b18-15+;;;;/t20-,21-,22-;;;;/m0..../s1. The molecule has 0 aromatic heterocycles. The number of rotatable bonds is 6. The number of nitrogens with one attached hydrogen (secondary N) is 1. The van der Waals surface area contributed by atoms with Crippen LogP contribution in [0, 0.1) is 24.2 Å². The van der Waals surface area contributed by atoms with E-state index in [2.05, 4.69) is 35.9 Å². The Kier molecular flexibility index (Phi) is 14.9. The van der Waals surface area contributed by atoms with Crippen molar-refractivity contribution in [2.24, 2.45) is 11.8 Å². The molecule has 0 unspecified atom stereocenters. The third kappa shape index (κ3) is 7.59. The first kappa shape index (κ1) is 30.1. The molecule has 3 atom stereocenters. The van der Waals surface area contributed by atoms with E-state index in [0.29, 0.717) is 17.5 Å². The van der Waals surface area contributed by atoms with Gasteiger partial charge >= 0.3 is 0 Å². The van der Waals surface area contributed by atoms with Crippen molar-refractivity contribution < 1.29 is 44.0 Å². The number of amides is 1. The molecule has 0 saturated heterocycles. The molecule has 2 aliphatic carbocycles. The molecule has 2 fully saturated rings. The van der Waals surface area contributed by atoms with E-state index < -0.39 is 0 Å². The summed E-state index contributed by atoms with van der Waals surface area (Å²) in [7, 11) is 2.60. The number of aliphatic hydroxyl groups excluding tert-OH is 1. The van der Waals surface area contributed by atoms with Crippen LogP contribution >= 0.6 is 0 Å². The van der Waals surface area contributed by atoms with Crippen LogP contribution in [0.25, 0.3) is 11.8 Å². The maximum absolute atomic E-state index is 12.1. The maximum Gasteiger partial charge on any atom is 0.261 e. The molecule has 0 spiro atoms. The van der Waals surface area contributed by atoms with E-state index in [1.54, 1.807) is 13.1 Å². The summed E-state index contributed by atoms with van der Waals surface area (Å²) in [6.45, 7) is 13.4. The van der Waals surface area contributed by atoms with Crippen LogP contribution in [0.4, 0.5) is 0 Å². The van der Waals surface area contributed by atoms with Crippen molar-refractivity contribution in [2.45, 2.75) is 38.6 Å². The number of benzene rings is 1. The molecule has 1 aromatic rings. The molecular formula is C27H38N2O2Y. The normalized spacial score (nSPS) is 20.1. The summed E-state index contributed by atoms with van der Waals surface area (Å²) in [5, 5.41) is 9.62. The van der Waals surface area contributed by atoms with E-state index in [1.807, 2.05) is 43.5 Å². The Morgan fingerprint density at radius 3 is 2.19 bits per heavy atom. The summed E-state index contributed by atoms with van der Waals surface area (Å²) in [4.78, 5) is 14.3. The van der Waals surface area contributed by atoms with Crippen LogP contribution in [0.5, 0.6) is 0 Å². The fraction of sp³-hybridized carbons (Fsp3) is 0.370. The molecule has 1 radical (unpaired) electrons. The summed E-state index contributed by atoms with van der Waals surface area (Å²) in [5.74, 6) is 3.76. The van der Waals surface area contributed by atoms with Crippen molar-refractivity contribution in [3.63, 3.8) is 0 Å². The van der Waals surface area contributed by atoms with Gasteiger partial charge in [-0.2, -0.15) is 0 Å². The van der Waals surface area contributed by atoms with Crippen LogP contribution in [0.15, 0.2) is 61.9 Å². The monoisotopic (exact) mass is 511 g/mol. The van der Waals surface area contributed by atoms with Crippen LogP contribution < -0.4 is 5.32 Å². The number of hydrogen-bond acceptors (Lipinski definition) is 3. The molecule has 171 valence electrons. The molecular weight excluding hydrogens is 473 g/mol. The second-order valence-electron chi connectivity index (χ2n) is 7.50. The fourth-order valence-corrected chi connectivity index (χ4v) is 4.17. The first-order valence-corrected chi connectivity index (χ1v) is 10.6. The number of fused-ring (bicyclic) bond motifs is 1. The largest absolute Gasteiger partial charge is 0.400 e. The second-order valence-corrected chi connectivity index (χ2v) is 7.50. The van der Waals surface area contributed by atoms with E-state index in [-0.39, 0.29) is 40.0 Å². The van der Waals surface area contributed by atoms with Crippen LogP contribution in [0.1, 0.15) is 45.2 Å². The van der Waals surface area contributed by atoms with Gasteiger partial charge in [0.2, 0.25) is 0 Å². The molecule has 1 aromatic carbocycles. The number of likely N-dealkylation sites (N-methyl/N-ethyl adjacent to an activating group) is 1. The van der Waals surface area contributed by atoms with Gasteiger partial charge in [0.05, 0.1) is 0 Å². The number of nitrogens with zero attached hydrogens (tertiary/aromatic N) is 1. The minimum absolute atomic E-state index is 0. The molecule has 2 aliphatic rings. The van der Waals surface area contributed by atoms with Gasteiger partial charge in [0.1, 0.15) is 5.57 Å².